The van der Waals surface area contributed by atoms with E-state index in [9.17, 15) is 4.79 Å². The van der Waals surface area contributed by atoms with Crippen LogP contribution in [0.4, 0.5) is 5.69 Å². The van der Waals surface area contributed by atoms with Crippen molar-refractivity contribution in [3.8, 4) is 5.75 Å². The minimum atomic E-state index is -0.585. The lowest BCUT2D eigenvalue weighted by atomic mass is 10.1. The smallest absolute Gasteiger partial charge is 0.328 e. The molecule has 0 fully saturated rings. The first-order valence-electron chi connectivity index (χ1n) is 5.66. The molecule has 2 N–H and O–H groups in total. The molecule has 0 amide bonds. The van der Waals surface area contributed by atoms with E-state index in [-0.39, 0.29) is 5.92 Å². The van der Waals surface area contributed by atoms with Crippen molar-refractivity contribution in [2.75, 3.05) is 19.0 Å². The lowest BCUT2D eigenvalue weighted by Crippen LogP contribution is -2.38. The van der Waals surface area contributed by atoms with Crippen molar-refractivity contribution in [2.45, 2.75) is 19.9 Å². The number of anilines is 1. The fourth-order valence-corrected chi connectivity index (χ4v) is 1.28. The molecule has 0 saturated heterocycles. The molecule has 4 nitrogen and oxygen atoms in total. The van der Waals surface area contributed by atoms with Crippen molar-refractivity contribution in [2.24, 2.45) is 11.7 Å². The number of hydrogen-bond donors (Lipinski definition) is 1. The number of benzene rings is 1. The summed E-state index contributed by atoms with van der Waals surface area (Å²) >= 11 is 0. The minimum absolute atomic E-state index is 0.0690. The molecule has 1 aromatic carbocycles. The van der Waals surface area contributed by atoms with Gasteiger partial charge in [-0.15, -0.1) is 0 Å². The molecule has 0 aliphatic rings. The van der Waals surface area contributed by atoms with Gasteiger partial charge in [0.2, 0.25) is 0 Å². The average Bonchev–Trinajstić information content (AvgIpc) is 2.28. The van der Waals surface area contributed by atoms with Gasteiger partial charge in [0.05, 0.1) is 0 Å². The molecule has 0 radical (unpaired) electrons. The summed E-state index contributed by atoms with van der Waals surface area (Å²) in [6, 6.07) is 6.76. The Morgan fingerprint density at radius 2 is 2.00 bits per heavy atom. The van der Waals surface area contributed by atoms with E-state index in [4.69, 9.17) is 10.5 Å². The summed E-state index contributed by atoms with van der Waals surface area (Å²) in [4.78, 5) is 13.6. The summed E-state index contributed by atoms with van der Waals surface area (Å²) in [6.45, 7) is 3.78. The second-order valence-electron chi connectivity index (χ2n) is 4.58. The van der Waals surface area contributed by atoms with Gasteiger partial charge in [-0.1, -0.05) is 19.9 Å². The van der Waals surface area contributed by atoms with Crippen molar-refractivity contribution >= 4 is 11.7 Å². The Morgan fingerprint density at radius 3 is 2.53 bits per heavy atom. The number of nitrogens with zero attached hydrogens (tertiary/aromatic N) is 1. The second kappa shape index (κ2) is 5.68. The monoisotopic (exact) mass is 236 g/mol. The SMILES string of the molecule is CC(C)C(N)C(=O)Oc1cccc(N(C)C)c1. The van der Waals surface area contributed by atoms with Crippen LogP contribution < -0.4 is 15.4 Å². The molecule has 1 aromatic rings. The van der Waals surface area contributed by atoms with E-state index >= 15 is 0 Å². The number of carbonyl (C=O) groups excluding carboxylic acids is 1. The molecule has 0 saturated carbocycles. The molecule has 0 aromatic heterocycles. The maximum Gasteiger partial charge on any atom is 0.328 e. The number of ether oxygens (including phenoxy) is 1. The fourth-order valence-electron chi connectivity index (χ4n) is 1.28. The maximum atomic E-state index is 11.7. The van der Waals surface area contributed by atoms with Crippen LogP contribution >= 0.6 is 0 Å². The Morgan fingerprint density at radius 1 is 1.35 bits per heavy atom. The summed E-state index contributed by atoms with van der Waals surface area (Å²) in [6.07, 6.45) is 0. The van der Waals surface area contributed by atoms with Gasteiger partial charge in [0.25, 0.3) is 0 Å². The Balaban J connectivity index is 2.75. The van der Waals surface area contributed by atoms with Crippen LogP contribution in [0.2, 0.25) is 0 Å². The van der Waals surface area contributed by atoms with Gasteiger partial charge < -0.3 is 15.4 Å². The van der Waals surface area contributed by atoms with E-state index < -0.39 is 12.0 Å². The van der Waals surface area contributed by atoms with E-state index in [0.29, 0.717) is 5.75 Å². The van der Waals surface area contributed by atoms with Gasteiger partial charge in [-0.05, 0) is 18.1 Å². The first kappa shape index (κ1) is 13.5. The molecule has 0 bridgehead atoms. The number of nitrogens with two attached hydrogens (primary N) is 1. The molecule has 94 valence electrons. The van der Waals surface area contributed by atoms with Crippen LogP contribution in [0, 0.1) is 5.92 Å². The maximum absolute atomic E-state index is 11.7. The standard InChI is InChI=1S/C13H20N2O2/c1-9(2)12(14)13(16)17-11-7-5-6-10(8-11)15(3)4/h5-9,12H,14H2,1-4H3. The van der Waals surface area contributed by atoms with Crippen molar-refractivity contribution in [3.05, 3.63) is 24.3 Å². The first-order valence-corrected chi connectivity index (χ1v) is 5.66. The van der Waals surface area contributed by atoms with E-state index in [1.54, 1.807) is 6.07 Å². The number of carbonyl (C=O) groups is 1. The highest BCUT2D eigenvalue weighted by atomic mass is 16.5. The number of hydrogen-bond acceptors (Lipinski definition) is 4. The summed E-state index contributed by atoms with van der Waals surface area (Å²) in [7, 11) is 3.86. The highest BCUT2D eigenvalue weighted by Crippen LogP contribution is 2.20. The van der Waals surface area contributed by atoms with Crippen LogP contribution in [0.3, 0.4) is 0 Å². The zero-order valence-electron chi connectivity index (χ0n) is 10.8. The molecular weight excluding hydrogens is 216 g/mol. The quantitative estimate of drug-likeness (QED) is 0.638. The Labute approximate surface area is 102 Å². The van der Waals surface area contributed by atoms with E-state index in [0.717, 1.165) is 5.69 Å². The van der Waals surface area contributed by atoms with E-state index in [1.165, 1.54) is 0 Å². The highest BCUT2D eigenvalue weighted by Gasteiger charge is 2.19. The number of rotatable bonds is 4. The topological polar surface area (TPSA) is 55.6 Å². The second-order valence-corrected chi connectivity index (χ2v) is 4.58. The van der Waals surface area contributed by atoms with Crippen molar-refractivity contribution in [1.29, 1.82) is 0 Å². The molecular formula is C13H20N2O2. The fraction of sp³-hybridized carbons (Fsp3) is 0.462. The summed E-state index contributed by atoms with van der Waals surface area (Å²) < 4.78 is 5.24. The van der Waals surface area contributed by atoms with Gasteiger partial charge in [0.1, 0.15) is 11.8 Å². The molecule has 0 heterocycles. The Hall–Kier alpha value is -1.55. The highest BCUT2D eigenvalue weighted by molar-refractivity contribution is 5.78. The zero-order valence-corrected chi connectivity index (χ0v) is 10.8. The van der Waals surface area contributed by atoms with Crippen LogP contribution in [-0.2, 0) is 4.79 Å². The minimum Gasteiger partial charge on any atom is -0.425 e. The normalized spacial score (nSPS) is 12.4. The molecule has 1 atom stereocenters. The number of esters is 1. The van der Waals surface area contributed by atoms with Crippen LogP contribution in [0.5, 0.6) is 5.75 Å². The first-order chi connectivity index (χ1) is 7.91. The van der Waals surface area contributed by atoms with Gasteiger partial charge in [-0.25, -0.2) is 4.79 Å². The summed E-state index contributed by atoms with van der Waals surface area (Å²) in [5.74, 6) is 0.202. The average molecular weight is 236 g/mol. The Bertz CT molecular complexity index is 389. The molecule has 0 spiro atoms. The van der Waals surface area contributed by atoms with E-state index in [2.05, 4.69) is 0 Å². The molecule has 1 unspecified atom stereocenters. The van der Waals surface area contributed by atoms with Crippen LogP contribution in [0.25, 0.3) is 0 Å². The van der Waals surface area contributed by atoms with Crippen molar-refractivity contribution in [1.82, 2.24) is 0 Å². The lowest BCUT2D eigenvalue weighted by Gasteiger charge is -2.16. The van der Waals surface area contributed by atoms with Gasteiger partial charge in [0.15, 0.2) is 0 Å². The van der Waals surface area contributed by atoms with Crippen LogP contribution in [0.1, 0.15) is 13.8 Å². The van der Waals surface area contributed by atoms with Crippen LogP contribution in [-0.4, -0.2) is 26.1 Å². The van der Waals surface area contributed by atoms with Gasteiger partial charge in [-0.3, -0.25) is 0 Å². The third-order valence-electron chi connectivity index (χ3n) is 2.54. The molecule has 17 heavy (non-hydrogen) atoms. The molecule has 1 rings (SSSR count). The third-order valence-corrected chi connectivity index (χ3v) is 2.54. The van der Waals surface area contributed by atoms with Crippen molar-refractivity contribution in [3.63, 3.8) is 0 Å². The lowest BCUT2D eigenvalue weighted by molar-refractivity contribution is -0.136. The summed E-state index contributed by atoms with van der Waals surface area (Å²) in [5, 5.41) is 0. The Kier molecular flexibility index (Phi) is 4.52. The van der Waals surface area contributed by atoms with E-state index in [1.807, 2.05) is 51.0 Å². The predicted molar refractivity (Wildman–Crippen MR) is 69.2 cm³/mol. The predicted octanol–water partition coefficient (Wildman–Crippen LogP) is 1.64. The van der Waals surface area contributed by atoms with Crippen LogP contribution in [0.15, 0.2) is 24.3 Å². The summed E-state index contributed by atoms with van der Waals surface area (Å²) in [5.41, 5.74) is 6.70. The largest absolute Gasteiger partial charge is 0.425 e. The van der Waals surface area contributed by atoms with Crippen molar-refractivity contribution < 1.29 is 9.53 Å². The molecule has 0 aliphatic heterocycles. The molecule has 4 heteroatoms. The zero-order chi connectivity index (χ0) is 13.0. The third kappa shape index (κ3) is 3.75. The van der Waals surface area contributed by atoms with Gasteiger partial charge in [0, 0.05) is 25.8 Å². The van der Waals surface area contributed by atoms with Gasteiger partial charge >= 0.3 is 5.97 Å². The molecule has 0 aliphatic carbocycles. The van der Waals surface area contributed by atoms with Gasteiger partial charge in [-0.2, -0.15) is 0 Å².